The van der Waals surface area contributed by atoms with Gasteiger partial charge in [0.05, 0.1) is 19.3 Å². The fourth-order valence-corrected chi connectivity index (χ4v) is 5.92. The van der Waals surface area contributed by atoms with E-state index >= 15 is 0 Å². The van der Waals surface area contributed by atoms with E-state index in [1.54, 1.807) is 6.07 Å². The van der Waals surface area contributed by atoms with Gasteiger partial charge < -0.3 is 44.1 Å². The molecule has 0 aromatic heterocycles. The molecular weight excluding hydrogens is 486 g/mol. The lowest BCUT2D eigenvalue weighted by atomic mass is 9.77. The molecule has 4 aliphatic rings. The molecule has 3 heterocycles. The molecular formula is C26H29NO10. The summed E-state index contributed by atoms with van der Waals surface area (Å²) in [6.45, 7) is 0.123. The molecule has 4 N–H and O–H groups in total. The van der Waals surface area contributed by atoms with Crippen LogP contribution < -0.4 is 18.9 Å². The molecule has 2 aromatic rings. The highest BCUT2D eigenvalue weighted by Crippen LogP contribution is 2.52. The fourth-order valence-electron chi connectivity index (χ4n) is 5.92. The number of hydrogen-bond acceptors (Lipinski definition) is 11. The predicted molar refractivity (Wildman–Crippen MR) is 126 cm³/mol. The van der Waals surface area contributed by atoms with E-state index in [-0.39, 0.29) is 18.3 Å². The van der Waals surface area contributed by atoms with Crippen molar-refractivity contribution in [2.24, 2.45) is 0 Å². The zero-order valence-electron chi connectivity index (χ0n) is 20.4. The van der Waals surface area contributed by atoms with Crippen LogP contribution in [0.5, 0.6) is 23.0 Å². The van der Waals surface area contributed by atoms with Crippen LogP contribution in [0.4, 0.5) is 0 Å². The quantitative estimate of drug-likeness (QED) is 0.426. The molecule has 1 aliphatic carbocycles. The van der Waals surface area contributed by atoms with Crippen LogP contribution in [0.15, 0.2) is 24.3 Å². The van der Waals surface area contributed by atoms with Gasteiger partial charge in [0.1, 0.15) is 30.0 Å². The lowest BCUT2D eigenvalue weighted by Crippen LogP contribution is -2.60. The summed E-state index contributed by atoms with van der Waals surface area (Å²) >= 11 is 0. The van der Waals surface area contributed by atoms with Crippen molar-refractivity contribution in [3.63, 3.8) is 0 Å². The van der Waals surface area contributed by atoms with Crippen molar-refractivity contribution >= 4 is 5.78 Å². The van der Waals surface area contributed by atoms with Crippen molar-refractivity contribution in [3.8, 4) is 23.0 Å². The predicted octanol–water partition coefficient (Wildman–Crippen LogP) is -0.275. The number of fused-ring (bicyclic) bond motifs is 5. The molecule has 1 fully saturated rings. The van der Waals surface area contributed by atoms with Gasteiger partial charge in [-0.2, -0.15) is 0 Å². The van der Waals surface area contributed by atoms with E-state index in [0.717, 1.165) is 16.7 Å². The van der Waals surface area contributed by atoms with E-state index in [4.69, 9.17) is 23.7 Å². The monoisotopic (exact) mass is 515 g/mol. The van der Waals surface area contributed by atoms with Gasteiger partial charge in [-0.1, -0.05) is 6.07 Å². The number of ketones is 1. The number of carbonyl (C=O) groups excluding carboxylic acids is 1. The lowest BCUT2D eigenvalue weighted by molar-refractivity contribution is -0.277. The van der Waals surface area contributed by atoms with Crippen molar-refractivity contribution in [1.29, 1.82) is 0 Å². The first-order valence-corrected chi connectivity index (χ1v) is 12.2. The van der Waals surface area contributed by atoms with Crippen LogP contribution in [-0.4, -0.2) is 95.9 Å². The minimum Gasteiger partial charge on any atom is -0.493 e. The van der Waals surface area contributed by atoms with Gasteiger partial charge in [-0.3, -0.25) is 9.69 Å². The SMILES string of the molecule is COc1cc2c(cc1OC1OC(CO)C(O)C(O)C1O)C1(Cc3ccc4c(c3C1=O)OCO4)N(C)CC2. The third-order valence-electron chi connectivity index (χ3n) is 7.97. The molecule has 6 unspecified atom stereocenters. The van der Waals surface area contributed by atoms with E-state index < -0.39 is 42.9 Å². The van der Waals surface area contributed by atoms with Crippen molar-refractivity contribution in [1.82, 2.24) is 4.90 Å². The smallest absolute Gasteiger partial charge is 0.231 e. The largest absolute Gasteiger partial charge is 0.493 e. The summed E-state index contributed by atoms with van der Waals surface area (Å²) in [5.74, 6) is 1.46. The van der Waals surface area contributed by atoms with Gasteiger partial charge in [-0.25, -0.2) is 0 Å². The van der Waals surface area contributed by atoms with Crippen LogP contribution in [0.2, 0.25) is 0 Å². The fraction of sp³-hybridized carbons (Fsp3) is 0.500. The average molecular weight is 516 g/mol. The molecule has 0 saturated carbocycles. The van der Waals surface area contributed by atoms with Gasteiger partial charge in [0, 0.05) is 13.0 Å². The van der Waals surface area contributed by atoms with Gasteiger partial charge in [0.2, 0.25) is 13.1 Å². The van der Waals surface area contributed by atoms with Crippen LogP contribution in [-0.2, 0) is 23.1 Å². The van der Waals surface area contributed by atoms with Gasteiger partial charge in [-0.05, 0) is 48.4 Å². The van der Waals surface area contributed by atoms with Crippen molar-refractivity contribution < 1.29 is 48.9 Å². The summed E-state index contributed by atoms with van der Waals surface area (Å²) in [5.41, 5.74) is 2.01. The van der Waals surface area contributed by atoms with Crippen LogP contribution in [0.3, 0.4) is 0 Å². The third-order valence-corrected chi connectivity index (χ3v) is 7.97. The Hall–Kier alpha value is -2.93. The molecule has 6 rings (SSSR count). The molecule has 198 valence electrons. The topological polar surface area (TPSA) is 147 Å². The summed E-state index contributed by atoms with van der Waals surface area (Å²) in [5, 5.41) is 40.4. The summed E-state index contributed by atoms with van der Waals surface area (Å²) in [6.07, 6.45) is -6.12. The third kappa shape index (κ3) is 3.46. The number of benzene rings is 2. The van der Waals surface area contributed by atoms with E-state index in [2.05, 4.69) is 0 Å². The summed E-state index contributed by atoms with van der Waals surface area (Å²) < 4.78 is 28.2. The van der Waals surface area contributed by atoms with Crippen molar-refractivity contribution in [2.45, 2.75) is 49.1 Å². The van der Waals surface area contributed by atoms with E-state index in [1.165, 1.54) is 7.11 Å². The van der Waals surface area contributed by atoms with E-state index in [1.807, 2.05) is 30.1 Å². The highest BCUT2D eigenvalue weighted by molar-refractivity contribution is 6.11. The number of rotatable bonds is 4. The van der Waals surface area contributed by atoms with Gasteiger partial charge >= 0.3 is 0 Å². The van der Waals surface area contributed by atoms with Crippen LogP contribution in [0, 0.1) is 0 Å². The molecule has 3 aliphatic heterocycles. The Labute approximate surface area is 212 Å². The highest BCUT2D eigenvalue weighted by atomic mass is 16.7. The van der Waals surface area contributed by atoms with Crippen LogP contribution in [0.25, 0.3) is 0 Å². The molecule has 6 atom stereocenters. The normalized spacial score (nSPS) is 32.4. The van der Waals surface area contributed by atoms with Crippen LogP contribution in [0.1, 0.15) is 27.0 Å². The maximum atomic E-state index is 14.2. The number of Topliss-reactive ketones (excluding diaryl/α,β-unsaturated/α-hetero) is 1. The minimum absolute atomic E-state index is 0.0623. The van der Waals surface area contributed by atoms with Gasteiger partial charge in [-0.15, -0.1) is 0 Å². The Morgan fingerprint density at radius 2 is 1.89 bits per heavy atom. The first-order valence-electron chi connectivity index (χ1n) is 12.2. The number of nitrogens with zero attached hydrogens (tertiary/aromatic N) is 1. The molecule has 0 amide bonds. The number of carbonyl (C=O) groups is 1. The number of methoxy groups -OCH3 is 1. The molecule has 0 bridgehead atoms. The molecule has 1 spiro atoms. The standard InChI is InChI=1S/C26H29NO10/c1-27-6-5-12-7-16(33-2)17(36-25-22(31)21(30)20(29)18(10-28)37-25)8-14(12)26(27)9-13-3-4-15-23(35-11-34-15)19(13)24(26)32/h3-4,7-8,18,20-22,25,28-31H,5-6,9-11H2,1-2H3. The molecule has 11 heteroatoms. The van der Waals surface area contributed by atoms with Gasteiger partial charge in [0.25, 0.3) is 0 Å². The van der Waals surface area contributed by atoms with E-state index in [9.17, 15) is 25.2 Å². The summed E-state index contributed by atoms with van der Waals surface area (Å²) in [4.78, 5) is 16.2. The molecule has 11 nitrogen and oxygen atoms in total. The number of hydrogen-bond donors (Lipinski definition) is 4. The first-order chi connectivity index (χ1) is 17.8. The maximum absolute atomic E-state index is 14.2. The maximum Gasteiger partial charge on any atom is 0.231 e. The molecule has 2 aromatic carbocycles. The average Bonchev–Trinajstić information content (AvgIpc) is 3.49. The van der Waals surface area contributed by atoms with Gasteiger partial charge in [0.15, 0.2) is 28.8 Å². The lowest BCUT2D eigenvalue weighted by Gasteiger charge is -2.43. The zero-order valence-corrected chi connectivity index (χ0v) is 20.4. The second-order valence-electron chi connectivity index (χ2n) is 9.85. The van der Waals surface area contributed by atoms with E-state index in [0.29, 0.717) is 42.2 Å². The number of ether oxygens (including phenoxy) is 5. The molecule has 1 saturated heterocycles. The molecule has 0 radical (unpaired) electrons. The Balaban J connectivity index is 1.42. The minimum atomic E-state index is -1.59. The Morgan fingerprint density at radius 1 is 1.08 bits per heavy atom. The highest BCUT2D eigenvalue weighted by Gasteiger charge is 2.54. The molecule has 37 heavy (non-hydrogen) atoms. The van der Waals surface area contributed by atoms with Crippen molar-refractivity contribution in [2.75, 3.05) is 34.1 Å². The summed E-state index contributed by atoms with van der Waals surface area (Å²) in [6, 6.07) is 7.24. The second-order valence-corrected chi connectivity index (χ2v) is 9.85. The number of aliphatic hydroxyl groups excluding tert-OH is 4. The second kappa shape index (κ2) is 8.83. The Kier molecular flexibility index (Phi) is 5.82. The first kappa shape index (κ1) is 24.4. The van der Waals surface area contributed by atoms with Crippen molar-refractivity contribution in [3.05, 3.63) is 46.5 Å². The summed E-state index contributed by atoms with van der Waals surface area (Å²) in [7, 11) is 3.39. The Bertz CT molecular complexity index is 1250. The number of aliphatic hydroxyl groups is 4. The van der Waals surface area contributed by atoms with Crippen LogP contribution >= 0.6 is 0 Å². The Morgan fingerprint density at radius 3 is 2.65 bits per heavy atom. The number of likely N-dealkylation sites (N-methyl/N-ethyl adjacent to an activating group) is 1. The zero-order chi connectivity index (χ0) is 26.1.